The van der Waals surface area contributed by atoms with Crippen molar-refractivity contribution >= 4 is 28.4 Å². The number of para-hydroxylation sites is 1. The van der Waals surface area contributed by atoms with E-state index in [0.29, 0.717) is 34.8 Å². The number of nitrogens with two attached hydrogens (primary N) is 1. The largest absolute Gasteiger partial charge is 0.494 e. The molecule has 0 saturated heterocycles. The van der Waals surface area contributed by atoms with Gasteiger partial charge in [-0.25, -0.2) is 28.7 Å². The Bertz CT molecular complexity index is 1480. The van der Waals surface area contributed by atoms with Gasteiger partial charge in [0.05, 0.1) is 18.7 Å². The number of halogens is 2. The molecule has 0 saturated carbocycles. The van der Waals surface area contributed by atoms with Crippen molar-refractivity contribution in [1.29, 1.82) is 0 Å². The maximum atomic E-state index is 14.7. The third-order valence-corrected chi connectivity index (χ3v) is 5.19. The molecule has 3 heterocycles. The van der Waals surface area contributed by atoms with Gasteiger partial charge >= 0.3 is 0 Å². The topological polar surface area (TPSA) is 117 Å². The summed E-state index contributed by atoms with van der Waals surface area (Å²) < 4.78 is 36.2. The van der Waals surface area contributed by atoms with Crippen LogP contribution in [0.5, 0.6) is 5.75 Å². The summed E-state index contributed by atoms with van der Waals surface area (Å²) in [5.74, 6) is 0.110. The minimum absolute atomic E-state index is 0.132. The van der Waals surface area contributed by atoms with Crippen LogP contribution in [0.15, 0.2) is 61.1 Å². The molecular formula is C24H20F2N8O. The molecule has 0 bridgehead atoms. The Hall–Kier alpha value is -4.67. The molecule has 0 spiro atoms. The van der Waals surface area contributed by atoms with E-state index in [0.717, 1.165) is 0 Å². The van der Waals surface area contributed by atoms with Crippen molar-refractivity contribution in [1.82, 2.24) is 29.7 Å². The van der Waals surface area contributed by atoms with Gasteiger partial charge in [0.1, 0.15) is 46.9 Å². The van der Waals surface area contributed by atoms with Gasteiger partial charge in [0, 0.05) is 35.3 Å². The van der Waals surface area contributed by atoms with Crippen LogP contribution in [0, 0.1) is 11.6 Å². The highest BCUT2D eigenvalue weighted by Crippen LogP contribution is 2.29. The molecule has 9 nitrogen and oxygen atoms in total. The number of nitrogens with zero attached hydrogens (tertiary/aromatic N) is 6. The van der Waals surface area contributed by atoms with Gasteiger partial charge in [0.15, 0.2) is 5.82 Å². The minimum atomic E-state index is -0.717. The molecule has 0 amide bonds. The van der Waals surface area contributed by atoms with E-state index in [1.54, 1.807) is 25.3 Å². The number of hydrogen-bond donors (Lipinski definition) is 2. The lowest BCUT2D eigenvalue weighted by molar-refractivity contribution is 0.335. The number of rotatable bonds is 7. The zero-order valence-corrected chi connectivity index (χ0v) is 18.6. The second kappa shape index (κ2) is 9.29. The molecule has 0 radical (unpaired) electrons. The van der Waals surface area contributed by atoms with Crippen LogP contribution in [0.25, 0.3) is 22.4 Å². The van der Waals surface area contributed by atoms with E-state index in [1.807, 2.05) is 24.3 Å². The summed E-state index contributed by atoms with van der Waals surface area (Å²) in [7, 11) is 0. The number of fused-ring (bicyclic) bond motifs is 1. The van der Waals surface area contributed by atoms with E-state index >= 15 is 0 Å². The van der Waals surface area contributed by atoms with Crippen LogP contribution in [0.1, 0.15) is 12.5 Å². The lowest BCUT2D eigenvalue weighted by atomic mass is 10.1. The van der Waals surface area contributed by atoms with E-state index in [9.17, 15) is 8.78 Å². The third-order valence-electron chi connectivity index (χ3n) is 5.19. The predicted molar refractivity (Wildman–Crippen MR) is 127 cm³/mol. The number of hydrogen-bond acceptors (Lipinski definition) is 8. The Morgan fingerprint density at radius 3 is 2.57 bits per heavy atom. The number of aromatic nitrogens is 6. The first kappa shape index (κ1) is 22.1. The highest BCUT2D eigenvalue weighted by Gasteiger charge is 2.19. The second-order valence-corrected chi connectivity index (χ2v) is 7.54. The van der Waals surface area contributed by atoms with Crippen molar-refractivity contribution in [2.24, 2.45) is 0 Å². The fourth-order valence-electron chi connectivity index (χ4n) is 3.68. The molecule has 5 rings (SSSR count). The summed E-state index contributed by atoms with van der Waals surface area (Å²) >= 11 is 0. The van der Waals surface area contributed by atoms with Crippen LogP contribution in [-0.2, 0) is 6.54 Å². The Kier molecular flexibility index (Phi) is 5.88. The van der Waals surface area contributed by atoms with Crippen molar-refractivity contribution in [2.75, 3.05) is 17.7 Å². The van der Waals surface area contributed by atoms with Gasteiger partial charge in [-0.05, 0) is 19.1 Å². The van der Waals surface area contributed by atoms with Crippen molar-refractivity contribution < 1.29 is 13.5 Å². The highest BCUT2D eigenvalue weighted by molar-refractivity contribution is 5.92. The normalized spacial score (nSPS) is 11.1. The molecule has 0 aliphatic carbocycles. The zero-order chi connectivity index (χ0) is 24.4. The van der Waals surface area contributed by atoms with Crippen molar-refractivity contribution in [3.63, 3.8) is 0 Å². The molecule has 0 aliphatic heterocycles. The number of nitrogens with one attached hydrogen (secondary N) is 1. The Morgan fingerprint density at radius 1 is 1.03 bits per heavy atom. The van der Waals surface area contributed by atoms with E-state index < -0.39 is 11.6 Å². The summed E-state index contributed by atoms with van der Waals surface area (Å²) in [4.78, 5) is 16.9. The van der Waals surface area contributed by atoms with E-state index in [2.05, 4.69) is 30.4 Å². The molecule has 3 N–H and O–H groups in total. The Morgan fingerprint density at radius 2 is 1.83 bits per heavy atom. The summed E-state index contributed by atoms with van der Waals surface area (Å²) in [5.41, 5.74) is 6.98. The molecule has 35 heavy (non-hydrogen) atoms. The second-order valence-electron chi connectivity index (χ2n) is 7.54. The van der Waals surface area contributed by atoms with Gasteiger partial charge in [0.25, 0.3) is 0 Å². The van der Waals surface area contributed by atoms with Gasteiger partial charge in [0.2, 0.25) is 0 Å². The van der Waals surface area contributed by atoms with Crippen LogP contribution in [0.3, 0.4) is 0 Å². The van der Waals surface area contributed by atoms with Crippen LogP contribution < -0.4 is 15.8 Å². The van der Waals surface area contributed by atoms with Crippen LogP contribution in [0.4, 0.5) is 26.2 Å². The van der Waals surface area contributed by atoms with E-state index in [4.69, 9.17) is 10.5 Å². The monoisotopic (exact) mass is 474 g/mol. The zero-order valence-electron chi connectivity index (χ0n) is 18.6. The molecule has 0 unspecified atom stereocenters. The van der Waals surface area contributed by atoms with E-state index in [1.165, 1.54) is 23.1 Å². The fourth-order valence-corrected chi connectivity index (χ4v) is 3.68. The SMILES string of the molecule is CCOc1cc(F)c(Cn2nc(-c3nc(N)cc(Nc4ccncn4)n3)c3ccccc32)c(F)c1. The first-order valence-electron chi connectivity index (χ1n) is 10.8. The van der Waals surface area contributed by atoms with Gasteiger partial charge in [-0.2, -0.15) is 5.10 Å². The van der Waals surface area contributed by atoms with Gasteiger partial charge in [-0.3, -0.25) is 4.68 Å². The lowest BCUT2D eigenvalue weighted by Gasteiger charge is -2.10. The molecule has 11 heteroatoms. The van der Waals surface area contributed by atoms with E-state index in [-0.39, 0.29) is 29.5 Å². The quantitative estimate of drug-likeness (QED) is 0.358. The fraction of sp³-hybridized carbons (Fsp3) is 0.125. The number of anilines is 3. The average Bonchev–Trinajstić information content (AvgIpc) is 3.20. The summed E-state index contributed by atoms with van der Waals surface area (Å²) in [6.45, 7) is 1.91. The third kappa shape index (κ3) is 4.56. The first-order valence-corrected chi connectivity index (χ1v) is 10.8. The van der Waals surface area contributed by atoms with Crippen LogP contribution in [-0.4, -0.2) is 36.3 Å². The van der Waals surface area contributed by atoms with Gasteiger partial charge in [-0.1, -0.05) is 18.2 Å². The van der Waals surface area contributed by atoms with Gasteiger partial charge in [-0.15, -0.1) is 0 Å². The molecule has 0 atom stereocenters. The smallest absolute Gasteiger partial charge is 0.184 e. The summed E-state index contributed by atoms with van der Waals surface area (Å²) in [6, 6.07) is 12.9. The maximum absolute atomic E-state index is 14.7. The molecule has 0 fully saturated rings. The molecule has 3 aromatic heterocycles. The minimum Gasteiger partial charge on any atom is -0.494 e. The Labute approximate surface area is 198 Å². The summed E-state index contributed by atoms with van der Waals surface area (Å²) in [6.07, 6.45) is 3.00. The molecule has 176 valence electrons. The molecule has 0 aliphatic rings. The van der Waals surface area contributed by atoms with Crippen molar-refractivity contribution in [2.45, 2.75) is 13.5 Å². The number of nitrogen functional groups attached to an aromatic ring is 1. The molecule has 2 aromatic carbocycles. The van der Waals surface area contributed by atoms with Gasteiger partial charge < -0.3 is 15.8 Å². The standard InChI is InChI=1S/C24H20F2N8O/c1-2-35-14-9-17(25)16(18(26)10-14)12-34-19-6-4-3-5-15(19)23(33-34)24-30-20(27)11-22(32-24)31-21-7-8-28-13-29-21/h3-11,13H,2,12H2,1H3,(H3,27,28,29,30,31,32). The van der Waals surface area contributed by atoms with Crippen molar-refractivity contribution in [3.8, 4) is 17.3 Å². The lowest BCUT2D eigenvalue weighted by Crippen LogP contribution is -2.07. The predicted octanol–water partition coefficient (Wildman–Crippen LogP) is 4.33. The highest BCUT2D eigenvalue weighted by atomic mass is 19.1. The summed E-state index contributed by atoms with van der Waals surface area (Å²) in [5, 5.41) is 8.36. The molecule has 5 aromatic rings. The number of ether oxygens (including phenoxy) is 1. The van der Waals surface area contributed by atoms with Crippen molar-refractivity contribution in [3.05, 3.63) is 78.3 Å². The molecular weight excluding hydrogens is 454 g/mol. The average molecular weight is 474 g/mol. The van der Waals surface area contributed by atoms with Crippen LogP contribution in [0.2, 0.25) is 0 Å². The van der Waals surface area contributed by atoms with Crippen LogP contribution >= 0.6 is 0 Å². The maximum Gasteiger partial charge on any atom is 0.184 e. The number of benzene rings is 2. The first-order chi connectivity index (χ1) is 17.0. The Balaban J connectivity index is 1.56.